The first-order chi connectivity index (χ1) is 7.06. The Morgan fingerprint density at radius 2 is 2.47 bits per heavy atom. The van der Waals surface area contributed by atoms with E-state index in [1.54, 1.807) is 0 Å². The predicted octanol–water partition coefficient (Wildman–Crippen LogP) is 1.22. The molecule has 82 valence electrons. The van der Waals surface area contributed by atoms with Gasteiger partial charge in [-0.05, 0) is 6.42 Å². The molecule has 0 aliphatic heterocycles. The Balaban J connectivity index is 2.91. The van der Waals surface area contributed by atoms with Gasteiger partial charge in [-0.1, -0.05) is 13.3 Å². The molecule has 1 N–H and O–H groups in total. The average Bonchev–Trinajstić information content (AvgIpc) is 2.62. The first-order valence-corrected chi connectivity index (χ1v) is 4.47. The summed E-state index contributed by atoms with van der Waals surface area (Å²) in [4.78, 5) is 20.6. The van der Waals surface area contributed by atoms with Crippen molar-refractivity contribution in [1.29, 1.82) is 0 Å². The number of carboxylic acid groups (broad SMARTS) is 1. The van der Waals surface area contributed by atoms with Gasteiger partial charge in [0.15, 0.2) is 0 Å². The zero-order valence-electron chi connectivity index (χ0n) is 8.16. The third kappa shape index (κ3) is 2.52. The van der Waals surface area contributed by atoms with Gasteiger partial charge in [-0.15, -0.1) is 0 Å². The van der Waals surface area contributed by atoms with Crippen LogP contribution in [-0.2, 0) is 4.79 Å². The Bertz CT molecular complexity index is 374. The standard InChI is InChI=1S/C8H11N3O4/c1-2-3-7(8(12)13)10-5-6(4-9-10)11(14)15/h4-5,7H,2-3H2,1H3,(H,12,13). The lowest BCUT2D eigenvalue weighted by atomic mass is 10.2. The molecule has 1 aromatic rings. The van der Waals surface area contributed by atoms with Gasteiger partial charge in [0.2, 0.25) is 0 Å². The van der Waals surface area contributed by atoms with Crippen molar-refractivity contribution in [2.24, 2.45) is 0 Å². The highest BCUT2D eigenvalue weighted by Gasteiger charge is 2.21. The molecule has 7 nitrogen and oxygen atoms in total. The summed E-state index contributed by atoms with van der Waals surface area (Å²) in [5.74, 6) is -1.03. The van der Waals surface area contributed by atoms with E-state index in [1.807, 2.05) is 6.92 Å². The summed E-state index contributed by atoms with van der Waals surface area (Å²) in [6.45, 7) is 1.84. The van der Waals surface area contributed by atoms with E-state index in [-0.39, 0.29) is 5.69 Å². The maximum atomic E-state index is 10.8. The summed E-state index contributed by atoms with van der Waals surface area (Å²) in [6.07, 6.45) is 3.25. The Morgan fingerprint density at radius 1 is 1.80 bits per heavy atom. The normalized spacial score (nSPS) is 12.3. The van der Waals surface area contributed by atoms with Gasteiger partial charge in [0.1, 0.15) is 18.4 Å². The first-order valence-electron chi connectivity index (χ1n) is 4.47. The molecule has 0 spiro atoms. The van der Waals surface area contributed by atoms with E-state index in [9.17, 15) is 14.9 Å². The highest BCUT2D eigenvalue weighted by Crippen LogP contribution is 2.17. The van der Waals surface area contributed by atoms with Crippen molar-refractivity contribution in [3.05, 3.63) is 22.5 Å². The van der Waals surface area contributed by atoms with Crippen LogP contribution in [0.5, 0.6) is 0 Å². The van der Waals surface area contributed by atoms with E-state index in [4.69, 9.17) is 5.11 Å². The fraction of sp³-hybridized carbons (Fsp3) is 0.500. The molecule has 0 amide bonds. The molecule has 1 rings (SSSR count). The van der Waals surface area contributed by atoms with Crippen LogP contribution >= 0.6 is 0 Å². The molecule has 15 heavy (non-hydrogen) atoms. The number of aromatic nitrogens is 2. The molecule has 0 aromatic carbocycles. The second kappa shape index (κ2) is 4.54. The van der Waals surface area contributed by atoms with Crippen LogP contribution in [0, 0.1) is 10.1 Å². The molecule has 1 unspecified atom stereocenters. The SMILES string of the molecule is CCCC(C(=O)O)n1cc([N+](=O)[O-])cn1. The van der Waals surface area contributed by atoms with Gasteiger partial charge in [0.05, 0.1) is 4.92 Å². The summed E-state index contributed by atoms with van der Waals surface area (Å²) in [6, 6.07) is -0.830. The Labute approximate surface area is 85.5 Å². The van der Waals surface area contributed by atoms with Gasteiger partial charge < -0.3 is 5.11 Å². The number of carboxylic acids is 1. The Morgan fingerprint density at radius 3 is 2.87 bits per heavy atom. The molecular formula is C8H11N3O4. The summed E-state index contributed by atoms with van der Waals surface area (Å²) >= 11 is 0. The Kier molecular flexibility index (Phi) is 3.37. The van der Waals surface area contributed by atoms with E-state index in [0.717, 1.165) is 17.1 Å². The van der Waals surface area contributed by atoms with E-state index in [0.29, 0.717) is 12.8 Å². The molecule has 0 aliphatic rings. The van der Waals surface area contributed by atoms with Crippen LogP contribution < -0.4 is 0 Å². The smallest absolute Gasteiger partial charge is 0.328 e. The van der Waals surface area contributed by atoms with Crippen molar-refractivity contribution in [2.45, 2.75) is 25.8 Å². The molecular weight excluding hydrogens is 202 g/mol. The van der Waals surface area contributed by atoms with Crippen LogP contribution in [0.2, 0.25) is 0 Å². The monoisotopic (exact) mass is 213 g/mol. The van der Waals surface area contributed by atoms with Crippen molar-refractivity contribution in [3.63, 3.8) is 0 Å². The van der Waals surface area contributed by atoms with E-state index in [2.05, 4.69) is 5.10 Å². The van der Waals surface area contributed by atoms with Crippen LogP contribution in [0.3, 0.4) is 0 Å². The lowest BCUT2D eigenvalue weighted by molar-refractivity contribution is -0.385. The van der Waals surface area contributed by atoms with Gasteiger partial charge in [-0.25, -0.2) is 4.79 Å². The summed E-state index contributed by atoms with van der Waals surface area (Å²) in [7, 11) is 0. The van der Waals surface area contributed by atoms with Crippen LogP contribution in [0.15, 0.2) is 12.4 Å². The maximum Gasteiger partial charge on any atom is 0.328 e. The molecule has 0 radical (unpaired) electrons. The maximum absolute atomic E-state index is 10.8. The number of hydrogen-bond acceptors (Lipinski definition) is 4. The van der Waals surface area contributed by atoms with Crippen molar-refractivity contribution in [3.8, 4) is 0 Å². The number of rotatable bonds is 5. The molecule has 0 saturated heterocycles. The second-order valence-electron chi connectivity index (χ2n) is 3.08. The molecule has 0 fully saturated rings. The van der Waals surface area contributed by atoms with Crippen LogP contribution in [0.1, 0.15) is 25.8 Å². The van der Waals surface area contributed by atoms with Gasteiger partial charge in [0.25, 0.3) is 0 Å². The molecule has 0 aliphatic carbocycles. The van der Waals surface area contributed by atoms with E-state index >= 15 is 0 Å². The third-order valence-corrected chi connectivity index (χ3v) is 1.97. The lowest BCUT2D eigenvalue weighted by Crippen LogP contribution is -2.19. The number of nitrogens with zero attached hydrogens (tertiary/aromatic N) is 3. The zero-order chi connectivity index (χ0) is 11.4. The predicted molar refractivity (Wildman–Crippen MR) is 50.5 cm³/mol. The lowest BCUT2D eigenvalue weighted by Gasteiger charge is -2.10. The highest BCUT2D eigenvalue weighted by molar-refractivity contribution is 5.71. The van der Waals surface area contributed by atoms with Crippen molar-refractivity contribution in [2.75, 3.05) is 0 Å². The van der Waals surface area contributed by atoms with Gasteiger partial charge in [-0.3, -0.25) is 14.8 Å². The number of carbonyl (C=O) groups is 1. The zero-order valence-corrected chi connectivity index (χ0v) is 8.16. The minimum absolute atomic E-state index is 0.197. The minimum Gasteiger partial charge on any atom is -0.480 e. The van der Waals surface area contributed by atoms with E-state index < -0.39 is 16.9 Å². The van der Waals surface area contributed by atoms with Crippen molar-refractivity contribution >= 4 is 11.7 Å². The number of aliphatic carboxylic acids is 1. The average molecular weight is 213 g/mol. The van der Waals surface area contributed by atoms with Crippen LogP contribution in [-0.4, -0.2) is 25.8 Å². The minimum atomic E-state index is -1.03. The van der Waals surface area contributed by atoms with Crippen LogP contribution in [0.4, 0.5) is 5.69 Å². The first kappa shape index (κ1) is 11.2. The van der Waals surface area contributed by atoms with Gasteiger partial charge in [0, 0.05) is 0 Å². The van der Waals surface area contributed by atoms with Crippen molar-refractivity contribution in [1.82, 2.24) is 9.78 Å². The molecule has 7 heteroatoms. The highest BCUT2D eigenvalue weighted by atomic mass is 16.6. The second-order valence-corrected chi connectivity index (χ2v) is 3.08. The molecule has 1 atom stereocenters. The van der Waals surface area contributed by atoms with Crippen LogP contribution in [0.25, 0.3) is 0 Å². The third-order valence-electron chi connectivity index (χ3n) is 1.97. The van der Waals surface area contributed by atoms with Crippen molar-refractivity contribution < 1.29 is 14.8 Å². The van der Waals surface area contributed by atoms with Gasteiger partial charge in [-0.2, -0.15) is 5.10 Å². The largest absolute Gasteiger partial charge is 0.480 e. The fourth-order valence-corrected chi connectivity index (χ4v) is 1.24. The topological polar surface area (TPSA) is 98.3 Å². The van der Waals surface area contributed by atoms with E-state index in [1.165, 1.54) is 0 Å². The summed E-state index contributed by atoms with van der Waals surface area (Å²) < 4.78 is 1.12. The molecule has 1 aromatic heterocycles. The van der Waals surface area contributed by atoms with Gasteiger partial charge >= 0.3 is 11.7 Å². The summed E-state index contributed by atoms with van der Waals surface area (Å²) in [5, 5.41) is 22.9. The Hall–Kier alpha value is -1.92. The molecule has 0 saturated carbocycles. The fourth-order valence-electron chi connectivity index (χ4n) is 1.24. The molecule has 0 bridgehead atoms. The summed E-state index contributed by atoms with van der Waals surface area (Å²) in [5.41, 5.74) is -0.197. The molecule has 1 heterocycles. The number of nitro groups is 1. The quantitative estimate of drug-likeness (QED) is 0.585. The number of hydrogen-bond donors (Lipinski definition) is 1.